The second-order valence-electron chi connectivity index (χ2n) is 6.35. The number of carbonyl (C=O) groups is 1. The Labute approximate surface area is 161 Å². The smallest absolute Gasteiger partial charge is 0.296 e. The lowest BCUT2D eigenvalue weighted by Gasteiger charge is -2.18. The van der Waals surface area contributed by atoms with Gasteiger partial charge in [0, 0.05) is 19.2 Å². The van der Waals surface area contributed by atoms with E-state index in [1.807, 2.05) is 0 Å². The summed E-state index contributed by atoms with van der Waals surface area (Å²) in [6.45, 7) is 0.848. The van der Waals surface area contributed by atoms with Crippen LogP contribution in [0.5, 0.6) is 11.5 Å². The fourth-order valence-electron chi connectivity index (χ4n) is 3.16. The lowest BCUT2D eigenvalue weighted by molar-refractivity contribution is -0.384. The van der Waals surface area contributed by atoms with Gasteiger partial charge in [0.05, 0.1) is 25.2 Å². The van der Waals surface area contributed by atoms with Gasteiger partial charge in [-0.05, 0) is 24.1 Å². The third-order valence-corrected chi connectivity index (χ3v) is 4.61. The highest BCUT2D eigenvalue weighted by atomic mass is 19.1. The highest BCUT2D eigenvalue weighted by molar-refractivity contribution is 5.88. The van der Waals surface area contributed by atoms with Crippen LogP contribution in [0.3, 0.4) is 0 Å². The molecule has 1 amide bonds. The lowest BCUT2D eigenvalue weighted by Crippen LogP contribution is -2.33. The highest BCUT2D eigenvalue weighted by Crippen LogP contribution is 2.38. The number of hydrogen-bond donors (Lipinski definition) is 1. The van der Waals surface area contributed by atoms with E-state index in [1.165, 1.54) is 38.5 Å². The molecule has 2 aromatic carbocycles. The van der Waals surface area contributed by atoms with Crippen molar-refractivity contribution in [2.24, 2.45) is 0 Å². The van der Waals surface area contributed by atoms with Crippen molar-refractivity contribution in [2.45, 2.75) is 19.0 Å². The molecular formula is C19H20FN3O5. The van der Waals surface area contributed by atoms with Crippen molar-refractivity contribution < 1.29 is 23.6 Å². The van der Waals surface area contributed by atoms with Crippen LogP contribution < -0.4 is 14.8 Å². The zero-order chi connectivity index (χ0) is 20.3. The number of halogens is 1. The van der Waals surface area contributed by atoms with Crippen molar-refractivity contribution in [3.63, 3.8) is 0 Å². The van der Waals surface area contributed by atoms with Crippen LogP contribution >= 0.6 is 0 Å². The van der Waals surface area contributed by atoms with Gasteiger partial charge in [-0.3, -0.25) is 14.9 Å². The first-order valence-corrected chi connectivity index (χ1v) is 8.63. The normalized spacial score (nSPS) is 16.2. The first kappa shape index (κ1) is 19.4. The van der Waals surface area contributed by atoms with E-state index < -0.39 is 11.0 Å². The minimum Gasteiger partial charge on any atom is -0.493 e. The summed E-state index contributed by atoms with van der Waals surface area (Å²) in [6, 6.07) is 8.06. The molecule has 1 saturated heterocycles. The van der Waals surface area contributed by atoms with E-state index in [2.05, 4.69) is 5.32 Å². The van der Waals surface area contributed by atoms with Crippen LogP contribution in [0.4, 0.5) is 15.8 Å². The fraction of sp³-hybridized carbons (Fsp3) is 0.316. The summed E-state index contributed by atoms with van der Waals surface area (Å²) < 4.78 is 23.3. The SMILES string of the molecule is COc1cc(NC2CCN(Cc3ccc(F)cc3)C2=O)c([N+](=O)[O-])cc1OC. The number of ether oxygens (including phenoxy) is 2. The van der Waals surface area contributed by atoms with Gasteiger partial charge in [0.1, 0.15) is 17.5 Å². The van der Waals surface area contributed by atoms with E-state index in [0.717, 1.165) is 5.56 Å². The van der Waals surface area contributed by atoms with E-state index in [4.69, 9.17) is 9.47 Å². The van der Waals surface area contributed by atoms with Gasteiger partial charge >= 0.3 is 0 Å². The van der Waals surface area contributed by atoms with Crippen LogP contribution in [0.15, 0.2) is 36.4 Å². The maximum absolute atomic E-state index is 13.0. The summed E-state index contributed by atoms with van der Waals surface area (Å²) in [5.41, 5.74) is 0.791. The summed E-state index contributed by atoms with van der Waals surface area (Å²) in [5, 5.41) is 14.4. The molecule has 1 fully saturated rings. The number of hydrogen-bond acceptors (Lipinski definition) is 6. The average Bonchev–Trinajstić information content (AvgIpc) is 3.02. The number of nitrogens with one attached hydrogen (secondary N) is 1. The Kier molecular flexibility index (Phi) is 5.62. The molecule has 1 aliphatic rings. The summed E-state index contributed by atoms with van der Waals surface area (Å²) >= 11 is 0. The fourth-order valence-corrected chi connectivity index (χ4v) is 3.16. The van der Waals surface area contributed by atoms with E-state index in [0.29, 0.717) is 25.3 Å². The summed E-state index contributed by atoms with van der Waals surface area (Å²) in [6.07, 6.45) is 0.492. The topological polar surface area (TPSA) is 93.9 Å². The molecule has 0 radical (unpaired) electrons. The number of carbonyl (C=O) groups excluding carboxylic acids is 1. The second kappa shape index (κ2) is 8.12. The second-order valence-corrected chi connectivity index (χ2v) is 6.35. The van der Waals surface area contributed by atoms with Gasteiger partial charge in [-0.1, -0.05) is 12.1 Å². The van der Waals surface area contributed by atoms with Crippen LogP contribution in [-0.2, 0) is 11.3 Å². The maximum atomic E-state index is 13.0. The van der Waals surface area contributed by atoms with E-state index >= 15 is 0 Å². The molecule has 3 rings (SSSR count). The minimum absolute atomic E-state index is 0.173. The number of anilines is 1. The maximum Gasteiger partial charge on any atom is 0.296 e. The molecule has 0 aliphatic carbocycles. The number of likely N-dealkylation sites (tertiary alicyclic amines) is 1. The zero-order valence-corrected chi connectivity index (χ0v) is 15.5. The van der Waals surface area contributed by atoms with Crippen LogP contribution in [0.25, 0.3) is 0 Å². The molecular weight excluding hydrogens is 369 g/mol. The molecule has 0 spiro atoms. The summed E-state index contributed by atoms with van der Waals surface area (Å²) in [5.74, 6) is 0.0462. The number of nitro benzene ring substituents is 1. The predicted molar refractivity (Wildman–Crippen MR) is 100 cm³/mol. The third-order valence-electron chi connectivity index (χ3n) is 4.61. The van der Waals surface area contributed by atoms with Crippen molar-refractivity contribution in [3.05, 3.63) is 57.9 Å². The Morgan fingerprint density at radius 1 is 1.21 bits per heavy atom. The minimum atomic E-state index is -0.600. The van der Waals surface area contributed by atoms with E-state index in [-0.39, 0.29) is 28.8 Å². The molecule has 2 aromatic rings. The lowest BCUT2D eigenvalue weighted by atomic mass is 10.2. The third kappa shape index (κ3) is 3.98. The number of rotatable bonds is 7. The summed E-state index contributed by atoms with van der Waals surface area (Å²) in [4.78, 5) is 25.2. The van der Waals surface area contributed by atoms with Crippen molar-refractivity contribution in [3.8, 4) is 11.5 Å². The number of methoxy groups -OCH3 is 2. The molecule has 1 N–H and O–H groups in total. The van der Waals surface area contributed by atoms with Gasteiger partial charge in [-0.15, -0.1) is 0 Å². The molecule has 1 atom stereocenters. The van der Waals surface area contributed by atoms with Gasteiger partial charge in [-0.25, -0.2) is 4.39 Å². The monoisotopic (exact) mass is 389 g/mol. The highest BCUT2D eigenvalue weighted by Gasteiger charge is 2.33. The molecule has 0 saturated carbocycles. The van der Waals surface area contributed by atoms with E-state index in [1.54, 1.807) is 17.0 Å². The molecule has 148 valence electrons. The molecule has 1 unspecified atom stereocenters. The molecule has 8 nitrogen and oxygen atoms in total. The quantitative estimate of drug-likeness (QED) is 0.578. The van der Waals surface area contributed by atoms with Crippen LogP contribution in [-0.4, -0.2) is 42.5 Å². The van der Waals surface area contributed by atoms with Crippen molar-refractivity contribution in [1.82, 2.24) is 4.90 Å². The zero-order valence-electron chi connectivity index (χ0n) is 15.5. The number of nitro groups is 1. The number of benzene rings is 2. The Morgan fingerprint density at radius 2 is 1.86 bits per heavy atom. The van der Waals surface area contributed by atoms with Crippen molar-refractivity contribution in [2.75, 3.05) is 26.1 Å². The Balaban J connectivity index is 1.77. The molecule has 1 aliphatic heterocycles. The molecule has 1 heterocycles. The van der Waals surface area contributed by atoms with E-state index in [9.17, 15) is 19.3 Å². The Bertz CT molecular complexity index is 888. The van der Waals surface area contributed by atoms with Gasteiger partial charge < -0.3 is 19.7 Å². The standard InChI is InChI=1S/C19H20FN3O5/c1-27-17-9-15(16(23(25)26)10-18(17)28-2)21-14-7-8-22(19(14)24)11-12-3-5-13(20)6-4-12/h3-6,9-10,14,21H,7-8,11H2,1-2H3. The average molecular weight is 389 g/mol. The number of nitrogens with zero attached hydrogens (tertiary/aromatic N) is 2. The van der Waals surface area contributed by atoms with Crippen molar-refractivity contribution >= 4 is 17.3 Å². The Hall–Kier alpha value is -3.36. The van der Waals surface area contributed by atoms with Gasteiger partial charge in [-0.2, -0.15) is 0 Å². The Morgan fingerprint density at radius 3 is 2.46 bits per heavy atom. The molecule has 28 heavy (non-hydrogen) atoms. The van der Waals surface area contributed by atoms with Gasteiger partial charge in [0.25, 0.3) is 5.69 Å². The first-order chi connectivity index (χ1) is 13.4. The van der Waals surface area contributed by atoms with Crippen LogP contribution in [0.1, 0.15) is 12.0 Å². The molecule has 0 aromatic heterocycles. The van der Waals surface area contributed by atoms with Crippen LogP contribution in [0.2, 0.25) is 0 Å². The number of amides is 1. The van der Waals surface area contributed by atoms with Gasteiger partial charge in [0.15, 0.2) is 11.5 Å². The molecule has 0 bridgehead atoms. The van der Waals surface area contributed by atoms with Crippen LogP contribution in [0, 0.1) is 15.9 Å². The van der Waals surface area contributed by atoms with Crippen molar-refractivity contribution in [1.29, 1.82) is 0 Å². The first-order valence-electron chi connectivity index (χ1n) is 8.63. The summed E-state index contributed by atoms with van der Waals surface area (Å²) in [7, 11) is 2.82. The van der Waals surface area contributed by atoms with Gasteiger partial charge in [0.2, 0.25) is 5.91 Å². The largest absolute Gasteiger partial charge is 0.493 e. The molecule has 9 heteroatoms. The predicted octanol–water partition coefficient (Wildman–Crippen LogP) is 2.96.